The Kier molecular flexibility index (Phi) is 4.87. The zero-order valence-corrected chi connectivity index (χ0v) is 9.19. The molecular weight excluding hydrogens is 210 g/mol. The van der Waals surface area contributed by atoms with E-state index in [2.05, 4.69) is 5.32 Å². The van der Waals surface area contributed by atoms with Gasteiger partial charge in [0, 0.05) is 12.1 Å². The molecule has 0 aliphatic heterocycles. The van der Waals surface area contributed by atoms with Crippen LogP contribution < -0.4 is 5.32 Å². The number of nitrogens with one attached hydrogen (secondary N) is 1. The predicted molar refractivity (Wildman–Crippen MR) is 57.7 cm³/mol. The molecule has 1 N–H and O–H groups in total. The first-order valence-corrected chi connectivity index (χ1v) is 5.27. The van der Waals surface area contributed by atoms with Crippen molar-refractivity contribution in [2.24, 2.45) is 0 Å². The summed E-state index contributed by atoms with van der Waals surface area (Å²) in [6, 6.07) is 3.82. The van der Waals surface area contributed by atoms with Crippen LogP contribution in [0.5, 0.6) is 0 Å². The van der Waals surface area contributed by atoms with Gasteiger partial charge in [-0.3, -0.25) is 0 Å². The van der Waals surface area contributed by atoms with Crippen LogP contribution in [0, 0.1) is 23.0 Å². The first-order chi connectivity index (χ1) is 7.69. The maximum absolute atomic E-state index is 13.4. The van der Waals surface area contributed by atoms with E-state index in [4.69, 9.17) is 5.26 Å². The molecule has 0 aliphatic rings. The first-order valence-electron chi connectivity index (χ1n) is 5.27. The zero-order valence-electron chi connectivity index (χ0n) is 9.19. The molecule has 1 aromatic carbocycles. The summed E-state index contributed by atoms with van der Waals surface area (Å²) in [7, 11) is 0. The van der Waals surface area contributed by atoms with Gasteiger partial charge in [0.15, 0.2) is 0 Å². The maximum Gasteiger partial charge on any atom is 0.131 e. The highest BCUT2D eigenvalue weighted by Crippen LogP contribution is 2.14. The van der Waals surface area contributed by atoms with Crippen molar-refractivity contribution < 1.29 is 8.78 Å². The van der Waals surface area contributed by atoms with Gasteiger partial charge in [-0.2, -0.15) is 5.26 Å². The fourth-order valence-corrected chi connectivity index (χ4v) is 1.35. The van der Waals surface area contributed by atoms with E-state index >= 15 is 0 Å². The Bertz CT molecular complexity index is 373. The van der Waals surface area contributed by atoms with Crippen LogP contribution in [0.1, 0.15) is 30.9 Å². The molecule has 0 fully saturated rings. The number of hydrogen-bond acceptors (Lipinski definition) is 2. The van der Waals surface area contributed by atoms with Gasteiger partial charge in [0.1, 0.15) is 11.6 Å². The molecule has 0 aromatic heterocycles. The van der Waals surface area contributed by atoms with E-state index < -0.39 is 11.6 Å². The summed E-state index contributed by atoms with van der Waals surface area (Å²) in [5.74, 6) is -1.33. The lowest BCUT2D eigenvalue weighted by molar-refractivity contribution is 0.531. The van der Waals surface area contributed by atoms with Crippen LogP contribution in [0.25, 0.3) is 0 Å². The largest absolute Gasteiger partial charge is 0.312 e. The Balaban J connectivity index is 2.70. The van der Waals surface area contributed by atoms with Crippen molar-refractivity contribution in [1.29, 1.82) is 5.26 Å². The van der Waals surface area contributed by atoms with E-state index in [1.807, 2.05) is 6.92 Å². The van der Waals surface area contributed by atoms with E-state index in [9.17, 15) is 8.78 Å². The van der Waals surface area contributed by atoms with Gasteiger partial charge in [0.25, 0.3) is 0 Å². The fourth-order valence-electron chi connectivity index (χ4n) is 1.35. The summed E-state index contributed by atoms with van der Waals surface area (Å²) in [6.45, 7) is 2.93. The second-order valence-electron chi connectivity index (χ2n) is 3.56. The zero-order chi connectivity index (χ0) is 12.0. The van der Waals surface area contributed by atoms with Crippen molar-refractivity contribution in [2.75, 3.05) is 6.54 Å². The molecule has 0 heterocycles. The number of halogens is 2. The Morgan fingerprint density at radius 1 is 1.31 bits per heavy atom. The third kappa shape index (κ3) is 3.28. The summed E-state index contributed by atoms with van der Waals surface area (Å²) in [6.07, 6.45) is 2.00. The summed E-state index contributed by atoms with van der Waals surface area (Å²) in [5.41, 5.74) is 0.00223. The Hall–Kier alpha value is -1.47. The molecule has 86 valence electrons. The summed E-state index contributed by atoms with van der Waals surface area (Å²) in [5, 5.41) is 11.5. The van der Waals surface area contributed by atoms with Crippen LogP contribution in [-0.2, 0) is 6.54 Å². The van der Waals surface area contributed by atoms with Crippen molar-refractivity contribution in [3.05, 3.63) is 34.9 Å². The Labute approximate surface area is 93.9 Å². The van der Waals surface area contributed by atoms with Gasteiger partial charge in [0.2, 0.25) is 0 Å². The standard InChI is InChI=1S/C12H14F2N2/c1-2-3-4-16-8-10-11(13)5-9(7-15)6-12(10)14/h5-6,16H,2-4,8H2,1H3. The Morgan fingerprint density at radius 3 is 2.44 bits per heavy atom. The lowest BCUT2D eigenvalue weighted by Crippen LogP contribution is -2.16. The van der Waals surface area contributed by atoms with Gasteiger partial charge in [-0.05, 0) is 25.1 Å². The van der Waals surface area contributed by atoms with E-state index in [0.717, 1.165) is 31.5 Å². The van der Waals surface area contributed by atoms with E-state index in [1.165, 1.54) is 0 Å². The van der Waals surface area contributed by atoms with Crippen molar-refractivity contribution in [3.8, 4) is 6.07 Å². The van der Waals surface area contributed by atoms with Crippen LogP contribution in [0.4, 0.5) is 8.78 Å². The van der Waals surface area contributed by atoms with Crippen LogP contribution in [-0.4, -0.2) is 6.54 Å². The molecular formula is C12H14F2N2. The molecule has 0 atom stereocenters. The van der Waals surface area contributed by atoms with Gasteiger partial charge in [-0.1, -0.05) is 13.3 Å². The molecule has 0 radical (unpaired) electrons. The van der Waals surface area contributed by atoms with E-state index in [1.54, 1.807) is 6.07 Å². The number of hydrogen-bond donors (Lipinski definition) is 1. The Morgan fingerprint density at radius 2 is 1.94 bits per heavy atom. The monoisotopic (exact) mass is 224 g/mol. The topological polar surface area (TPSA) is 35.8 Å². The second kappa shape index (κ2) is 6.19. The molecule has 0 spiro atoms. The number of rotatable bonds is 5. The third-order valence-corrected chi connectivity index (χ3v) is 2.28. The number of benzene rings is 1. The molecule has 0 unspecified atom stereocenters. The average Bonchev–Trinajstić information content (AvgIpc) is 2.26. The predicted octanol–water partition coefficient (Wildman–Crippen LogP) is 2.73. The van der Waals surface area contributed by atoms with Crippen LogP contribution in [0.15, 0.2) is 12.1 Å². The molecule has 1 aromatic rings. The summed E-state index contributed by atoms with van der Waals surface area (Å²) in [4.78, 5) is 0. The SMILES string of the molecule is CCCCNCc1c(F)cc(C#N)cc1F. The lowest BCUT2D eigenvalue weighted by Gasteiger charge is -2.07. The van der Waals surface area contributed by atoms with Gasteiger partial charge in [-0.25, -0.2) is 8.78 Å². The molecule has 0 bridgehead atoms. The van der Waals surface area contributed by atoms with Gasteiger partial charge in [-0.15, -0.1) is 0 Å². The van der Waals surface area contributed by atoms with E-state index in [-0.39, 0.29) is 17.7 Å². The molecule has 0 saturated heterocycles. The van der Waals surface area contributed by atoms with Crippen LogP contribution in [0.2, 0.25) is 0 Å². The highest BCUT2D eigenvalue weighted by molar-refractivity contribution is 5.34. The molecule has 4 heteroatoms. The van der Waals surface area contributed by atoms with Crippen molar-refractivity contribution >= 4 is 0 Å². The molecule has 16 heavy (non-hydrogen) atoms. The molecule has 0 aliphatic carbocycles. The van der Waals surface area contributed by atoms with Crippen molar-refractivity contribution in [3.63, 3.8) is 0 Å². The van der Waals surface area contributed by atoms with Gasteiger partial charge >= 0.3 is 0 Å². The summed E-state index contributed by atoms with van der Waals surface area (Å²) < 4.78 is 26.8. The van der Waals surface area contributed by atoms with E-state index in [0.29, 0.717) is 0 Å². The van der Waals surface area contributed by atoms with Crippen molar-refractivity contribution in [2.45, 2.75) is 26.3 Å². The van der Waals surface area contributed by atoms with Crippen LogP contribution >= 0.6 is 0 Å². The molecule has 0 saturated carbocycles. The highest BCUT2D eigenvalue weighted by Gasteiger charge is 2.10. The number of unbranched alkanes of at least 4 members (excludes halogenated alkanes) is 1. The summed E-state index contributed by atoms with van der Waals surface area (Å²) >= 11 is 0. The quantitative estimate of drug-likeness (QED) is 0.780. The number of nitriles is 1. The minimum absolute atomic E-state index is 0.00453. The van der Waals surface area contributed by atoms with Gasteiger partial charge in [0.05, 0.1) is 11.6 Å². The first kappa shape index (κ1) is 12.6. The fraction of sp³-hybridized carbons (Fsp3) is 0.417. The van der Waals surface area contributed by atoms with Gasteiger partial charge < -0.3 is 5.32 Å². The molecule has 1 rings (SSSR count). The smallest absolute Gasteiger partial charge is 0.131 e. The molecule has 0 amide bonds. The lowest BCUT2D eigenvalue weighted by atomic mass is 10.1. The second-order valence-corrected chi connectivity index (χ2v) is 3.56. The average molecular weight is 224 g/mol. The minimum Gasteiger partial charge on any atom is -0.312 e. The number of nitrogens with zero attached hydrogens (tertiary/aromatic N) is 1. The van der Waals surface area contributed by atoms with Crippen LogP contribution in [0.3, 0.4) is 0 Å². The normalized spacial score (nSPS) is 10.1. The minimum atomic E-state index is -0.666. The molecule has 2 nitrogen and oxygen atoms in total. The highest BCUT2D eigenvalue weighted by atomic mass is 19.1. The third-order valence-electron chi connectivity index (χ3n) is 2.28. The maximum atomic E-state index is 13.4. The van der Waals surface area contributed by atoms with Crippen molar-refractivity contribution in [1.82, 2.24) is 5.32 Å².